The van der Waals surface area contributed by atoms with Gasteiger partial charge in [-0.3, -0.25) is 0 Å². The van der Waals surface area contributed by atoms with Crippen molar-refractivity contribution in [3.05, 3.63) is 23.8 Å². The Kier molecular flexibility index (Phi) is 5.19. The molecule has 0 atom stereocenters. The maximum absolute atomic E-state index is 5.34. The standard InChI is InChI=1S/C12H15BrO3/c1-14-10-7-6-9(5-4-8-13)11(15-2)12(10)16-3/h4-7H,8H2,1-3H3. The van der Waals surface area contributed by atoms with Crippen LogP contribution in [0, 0.1) is 0 Å². The first-order chi connectivity index (χ1) is 7.78. The number of benzene rings is 1. The summed E-state index contributed by atoms with van der Waals surface area (Å²) in [5.41, 5.74) is 0.958. The minimum atomic E-state index is 0.613. The lowest BCUT2D eigenvalue weighted by molar-refractivity contribution is 0.324. The summed E-state index contributed by atoms with van der Waals surface area (Å²) < 4.78 is 15.8. The van der Waals surface area contributed by atoms with Crippen LogP contribution in [0.5, 0.6) is 17.2 Å². The van der Waals surface area contributed by atoms with Gasteiger partial charge in [0, 0.05) is 10.9 Å². The SMILES string of the molecule is COc1ccc(C=CCBr)c(OC)c1OC. The molecule has 0 saturated heterocycles. The molecule has 0 radical (unpaired) electrons. The van der Waals surface area contributed by atoms with Crippen molar-refractivity contribution >= 4 is 22.0 Å². The van der Waals surface area contributed by atoms with Gasteiger partial charge in [0.25, 0.3) is 0 Å². The molecule has 0 unspecified atom stereocenters. The largest absolute Gasteiger partial charge is 0.493 e. The topological polar surface area (TPSA) is 27.7 Å². The first-order valence-electron chi connectivity index (χ1n) is 4.80. The van der Waals surface area contributed by atoms with Crippen molar-refractivity contribution in [3.63, 3.8) is 0 Å². The molecule has 3 nitrogen and oxygen atoms in total. The Hall–Kier alpha value is -1.16. The summed E-state index contributed by atoms with van der Waals surface area (Å²) in [6.07, 6.45) is 3.96. The first kappa shape index (κ1) is 12.9. The van der Waals surface area contributed by atoms with Crippen LogP contribution in [-0.4, -0.2) is 26.7 Å². The molecule has 0 aromatic heterocycles. The maximum atomic E-state index is 5.34. The Morgan fingerprint density at radius 3 is 2.25 bits per heavy atom. The van der Waals surface area contributed by atoms with Crippen molar-refractivity contribution in [2.45, 2.75) is 0 Å². The van der Waals surface area contributed by atoms with Gasteiger partial charge >= 0.3 is 0 Å². The normalized spacial score (nSPS) is 10.5. The molecule has 0 aliphatic carbocycles. The Morgan fingerprint density at radius 1 is 1.06 bits per heavy atom. The molecular formula is C12H15BrO3. The van der Waals surface area contributed by atoms with Crippen LogP contribution in [0.4, 0.5) is 0 Å². The minimum Gasteiger partial charge on any atom is -0.493 e. The molecule has 0 aliphatic rings. The molecule has 0 amide bonds. The highest BCUT2D eigenvalue weighted by atomic mass is 79.9. The van der Waals surface area contributed by atoms with Crippen molar-refractivity contribution in [2.24, 2.45) is 0 Å². The zero-order chi connectivity index (χ0) is 12.0. The molecule has 0 bridgehead atoms. The van der Waals surface area contributed by atoms with Gasteiger partial charge in [-0.15, -0.1) is 0 Å². The van der Waals surface area contributed by atoms with Crippen molar-refractivity contribution in [2.75, 3.05) is 26.7 Å². The zero-order valence-electron chi connectivity index (χ0n) is 9.62. The maximum Gasteiger partial charge on any atom is 0.203 e. The lowest BCUT2D eigenvalue weighted by atomic mass is 10.1. The smallest absolute Gasteiger partial charge is 0.203 e. The molecule has 0 aliphatic heterocycles. The molecule has 1 aromatic rings. The van der Waals surface area contributed by atoms with E-state index in [9.17, 15) is 0 Å². The summed E-state index contributed by atoms with van der Waals surface area (Å²) in [7, 11) is 4.81. The summed E-state index contributed by atoms with van der Waals surface area (Å²) in [5.74, 6) is 1.95. The average molecular weight is 287 g/mol. The van der Waals surface area contributed by atoms with Crippen molar-refractivity contribution in [1.29, 1.82) is 0 Å². The third-order valence-corrected chi connectivity index (χ3v) is 2.49. The zero-order valence-corrected chi connectivity index (χ0v) is 11.2. The summed E-state index contributed by atoms with van der Waals surface area (Å²) in [4.78, 5) is 0. The van der Waals surface area contributed by atoms with E-state index >= 15 is 0 Å². The monoisotopic (exact) mass is 286 g/mol. The Labute approximate surface area is 104 Å². The van der Waals surface area contributed by atoms with Crippen LogP contribution in [0.1, 0.15) is 5.56 Å². The number of hydrogen-bond acceptors (Lipinski definition) is 3. The van der Waals surface area contributed by atoms with Crippen LogP contribution in [0.25, 0.3) is 6.08 Å². The summed E-state index contributed by atoms with van der Waals surface area (Å²) in [5, 5.41) is 0.796. The van der Waals surface area contributed by atoms with E-state index in [1.165, 1.54) is 0 Å². The molecule has 4 heteroatoms. The van der Waals surface area contributed by atoms with E-state index in [1.54, 1.807) is 21.3 Å². The second kappa shape index (κ2) is 6.43. The first-order valence-corrected chi connectivity index (χ1v) is 5.92. The lowest BCUT2D eigenvalue weighted by Crippen LogP contribution is -1.96. The second-order valence-corrected chi connectivity index (χ2v) is 3.63. The van der Waals surface area contributed by atoms with E-state index in [1.807, 2.05) is 24.3 Å². The molecule has 0 spiro atoms. The van der Waals surface area contributed by atoms with Gasteiger partial charge in [0.1, 0.15) is 0 Å². The fourth-order valence-corrected chi connectivity index (χ4v) is 1.61. The molecule has 0 fully saturated rings. The van der Waals surface area contributed by atoms with Gasteiger partial charge < -0.3 is 14.2 Å². The van der Waals surface area contributed by atoms with Crippen LogP contribution >= 0.6 is 15.9 Å². The van der Waals surface area contributed by atoms with Gasteiger partial charge in [-0.05, 0) is 12.1 Å². The molecule has 16 heavy (non-hydrogen) atoms. The third kappa shape index (κ3) is 2.70. The Morgan fingerprint density at radius 2 is 1.75 bits per heavy atom. The fourth-order valence-electron chi connectivity index (χ4n) is 1.43. The molecule has 1 rings (SSSR count). The van der Waals surface area contributed by atoms with E-state index in [-0.39, 0.29) is 0 Å². The van der Waals surface area contributed by atoms with E-state index in [0.717, 1.165) is 10.9 Å². The quantitative estimate of drug-likeness (QED) is 0.779. The highest BCUT2D eigenvalue weighted by Crippen LogP contribution is 2.40. The predicted molar refractivity (Wildman–Crippen MR) is 68.9 cm³/mol. The second-order valence-electron chi connectivity index (χ2n) is 2.98. The van der Waals surface area contributed by atoms with Crippen LogP contribution in [-0.2, 0) is 0 Å². The van der Waals surface area contributed by atoms with Crippen LogP contribution in [0.2, 0.25) is 0 Å². The van der Waals surface area contributed by atoms with Gasteiger partial charge in [-0.1, -0.05) is 28.1 Å². The van der Waals surface area contributed by atoms with Crippen molar-refractivity contribution in [3.8, 4) is 17.2 Å². The highest BCUT2D eigenvalue weighted by Gasteiger charge is 2.13. The van der Waals surface area contributed by atoms with Crippen molar-refractivity contribution in [1.82, 2.24) is 0 Å². The highest BCUT2D eigenvalue weighted by molar-refractivity contribution is 9.09. The summed E-state index contributed by atoms with van der Waals surface area (Å²) in [6.45, 7) is 0. The molecule has 0 saturated carbocycles. The van der Waals surface area contributed by atoms with Crippen molar-refractivity contribution < 1.29 is 14.2 Å². The van der Waals surface area contributed by atoms with Gasteiger partial charge in [-0.25, -0.2) is 0 Å². The molecule has 88 valence electrons. The molecule has 0 heterocycles. The molecule has 1 aromatic carbocycles. The summed E-state index contributed by atoms with van der Waals surface area (Å²) >= 11 is 3.33. The predicted octanol–water partition coefficient (Wildman–Crippen LogP) is 3.12. The number of alkyl halides is 1. The van der Waals surface area contributed by atoms with E-state index in [4.69, 9.17) is 14.2 Å². The van der Waals surface area contributed by atoms with Gasteiger partial charge in [0.2, 0.25) is 5.75 Å². The number of hydrogen-bond donors (Lipinski definition) is 0. The van der Waals surface area contributed by atoms with Gasteiger partial charge in [-0.2, -0.15) is 0 Å². The van der Waals surface area contributed by atoms with E-state index in [2.05, 4.69) is 15.9 Å². The summed E-state index contributed by atoms with van der Waals surface area (Å²) in [6, 6.07) is 3.79. The van der Waals surface area contributed by atoms with Gasteiger partial charge in [0.15, 0.2) is 11.5 Å². The van der Waals surface area contributed by atoms with Gasteiger partial charge in [0.05, 0.1) is 21.3 Å². The average Bonchev–Trinajstić information content (AvgIpc) is 2.34. The minimum absolute atomic E-state index is 0.613. The Balaban J connectivity index is 3.25. The molecular weight excluding hydrogens is 272 g/mol. The number of allylic oxidation sites excluding steroid dienone is 1. The van der Waals surface area contributed by atoms with Crippen LogP contribution < -0.4 is 14.2 Å². The number of methoxy groups -OCH3 is 3. The Bertz CT molecular complexity index is 375. The number of rotatable bonds is 5. The number of ether oxygens (including phenoxy) is 3. The van der Waals surface area contributed by atoms with E-state index in [0.29, 0.717) is 17.2 Å². The number of halogens is 1. The van der Waals surface area contributed by atoms with Crippen LogP contribution in [0.15, 0.2) is 18.2 Å². The fraction of sp³-hybridized carbons (Fsp3) is 0.333. The van der Waals surface area contributed by atoms with Crippen LogP contribution in [0.3, 0.4) is 0 Å². The lowest BCUT2D eigenvalue weighted by Gasteiger charge is -2.13. The molecule has 0 N–H and O–H groups in total. The van der Waals surface area contributed by atoms with E-state index < -0.39 is 0 Å². The third-order valence-electron chi connectivity index (χ3n) is 2.12.